The van der Waals surface area contributed by atoms with Crippen LogP contribution in [0.5, 0.6) is 0 Å². The molecule has 0 bridgehead atoms. The van der Waals surface area contributed by atoms with Crippen molar-refractivity contribution >= 4 is 59.9 Å². The number of aromatic nitrogens is 3. The molecule has 0 spiro atoms. The molecule has 1 N–H and O–H groups in total. The van der Waals surface area contributed by atoms with Crippen molar-refractivity contribution in [1.82, 2.24) is 15.0 Å². The SMILES string of the molecule is CC1=Cc2cc3nccc(Nc4cnc5scnc5c4)c3cc2S1(=O)=O. The number of hydrogen-bond donors (Lipinski definition) is 1. The smallest absolute Gasteiger partial charge is 0.203 e. The van der Waals surface area contributed by atoms with E-state index in [1.54, 1.807) is 37.0 Å². The molecule has 0 saturated heterocycles. The number of thiazole rings is 1. The van der Waals surface area contributed by atoms with Crippen LogP contribution in [0.2, 0.25) is 0 Å². The predicted molar refractivity (Wildman–Crippen MR) is 103 cm³/mol. The third kappa shape index (κ3) is 2.23. The zero-order valence-electron chi connectivity index (χ0n) is 13.6. The second-order valence-electron chi connectivity index (χ2n) is 6.05. The highest BCUT2D eigenvalue weighted by Gasteiger charge is 2.27. The van der Waals surface area contributed by atoms with Gasteiger partial charge in [0.25, 0.3) is 0 Å². The van der Waals surface area contributed by atoms with E-state index in [1.165, 1.54) is 11.3 Å². The normalized spacial score (nSPS) is 15.2. The van der Waals surface area contributed by atoms with E-state index in [0.29, 0.717) is 15.4 Å². The summed E-state index contributed by atoms with van der Waals surface area (Å²) in [6.45, 7) is 1.61. The van der Waals surface area contributed by atoms with E-state index in [2.05, 4.69) is 20.3 Å². The van der Waals surface area contributed by atoms with Crippen LogP contribution >= 0.6 is 11.3 Å². The second-order valence-corrected chi connectivity index (χ2v) is 8.97. The van der Waals surface area contributed by atoms with E-state index in [0.717, 1.165) is 32.6 Å². The van der Waals surface area contributed by atoms with Crippen molar-refractivity contribution in [1.29, 1.82) is 0 Å². The van der Waals surface area contributed by atoms with Crippen LogP contribution in [0.1, 0.15) is 12.5 Å². The lowest BCUT2D eigenvalue weighted by molar-refractivity contribution is 0.603. The van der Waals surface area contributed by atoms with E-state index in [9.17, 15) is 8.42 Å². The summed E-state index contributed by atoms with van der Waals surface area (Å²) in [7, 11) is -3.40. The summed E-state index contributed by atoms with van der Waals surface area (Å²) in [5.74, 6) is 0. The minimum atomic E-state index is -3.40. The fraction of sp³-hybridized carbons (Fsp3) is 0.0556. The minimum absolute atomic E-state index is 0.326. The fourth-order valence-electron chi connectivity index (χ4n) is 3.09. The molecular weight excluding hydrogens is 368 g/mol. The van der Waals surface area contributed by atoms with Crippen molar-refractivity contribution in [3.05, 3.63) is 52.6 Å². The van der Waals surface area contributed by atoms with Crippen LogP contribution in [-0.2, 0) is 9.84 Å². The van der Waals surface area contributed by atoms with E-state index in [1.807, 2.05) is 18.2 Å². The Balaban J connectivity index is 1.66. The maximum Gasteiger partial charge on any atom is 0.203 e. The molecule has 1 aliphatic rings. The summed E-state index contributed by atoms with van der Waals surface area (Å²) in [4.78, 5) is 14.6. The molecule has 0 radical (unpaired) electrons. The number of pyridine rings is 2. The molecule has 6 nitrogen and oxygen atoms in total. The Kier molecular flexibility index (Phi) is 3.16. The standard InChI is InChI=1S/C18H12N4O2S2/c1-10-4-11-5-15-13(7-17(11)26(10,23)24)14(2-3-19-15)22-12-6-16-18(20-8-12)25-9-21-16/h2-9H,1H3,(H,19,22). The molecule has 4 heterocycles. The van der Waals surface area contributed by atoms with E-state index in [-0.39, 0.29) is 0 Å². The Morgan fingerprint density at radius 2 is 1.96 bits per heavy atom. The molecule has 8 heteroatoms. The molecule has 1 aromatic carbocycles. The summed E-state index contributed by atoms with van der Waals surface area (Å²) >= 11 is 1.49. The topological polar surface area (TPSA) is 84.8 Å². The van der Waals surface area contributed by atoms with Crippen LogP contribution in [0.25, 0.3) is 27.3 Å². The van der Waals surface area contributed by atoms with Crippen molar-refractivity contribution < 1.29 is 8.42 Å². The number of nitrogens with zero attached hydrogens (tertiary/aromatic N) is 3. The van der Waals surface area contributed by atoms with Crippen molar-refractivity contribution in [3.8, 4) is 0 Å². The van der Waals surface area contributed by atoms with Gasteiger partial charge in [0, 0.05) is 22.2 Å². The third-order valence-electron chi connectivity index (χ3n) is 4.41. The van der Waals surface area contributed by atoms with Crippen molar-refractivity contribution in [2.45, 2.75) is 11.8 Å². The van der Waals surface area contributed by atoms with Gasteiger partial charge in [-0.25, -0.2) is 18.4 Å². The molecule has 1 aliphatic heterocycles. The van der Waals surface area contributed by atoms with E-state index in [4.69, 9.17) is 0 Å². The number of sulfone groups is 1. The molecule has 0 fully saturated rings. The monoisotopic (exact) mass is 380 g/mol. The molecule has 128 valence electrons. The highest BCUT2D eigenvalue weighted by Crippen LogP contribution is 2.37. The van der Waals surface area contributed by atoms with Crippen molar-refractivity contribution in [3.63, 3.8) is 0 Å². The van der Waals surface area contributed by atoms with Crippen LogP contribution in [0.4, 0.5) is 11.4 Å². The van der Waals surface area contributed by atoms with Crippen LogP contribution < -0.4 is 5.32 Å². The number of nitrogens with one attached hydrogen (secondary N) is 1. The quantitative estimate of drug-likeness (QED) is 0.563. The largest absolute Gasteiger partial charge is 0.354 e. The molecule has 0 atom stereocenters. The van der Waals surface area contributed by atoms with Gasteiger partial charge in [0.15, 0.2) is 0 Å². The first-order valence-corrected chi connectivity index (χ1v) is 10.2. The van der Waals surface area contributed by atoms with Gasteiger partial charge < -0.3 is 5.32 Å². The van der Waals surface area contributed by atoms with Gasteiger partial charge in [0.05, 0.1) is 27.8 Å². The van der Waals surface area contributed by atoms with Gasteiger partial charge in [-0.15, -0.1) is 11.3 Å². The van der Waals surface area contributed by atoms with Gasteiger partial charge in [0.2, 0.25) is 9.84 Å². The van der Waals surface area contributed by atoms with E-state index >= 15 is 0 Å². The Labute approximate surface area is 153 Å². The molecule has 0 saturated carbocycles. The Bertz CT molecular complexity index is 1340. The van der Waals surface area contributed by atoms with Crippen LogP contribution in [0.15, 0.2) is 52.0 Å². The van der Waals surface area contributed by atoms with Crippen LogP contribution in [-0.4, -0.2) is 23.4 Å². The zero-order chi connectivity index (χ0) is 17.9. The highest BCUT2D eigenvalue weighted by atomic mass is 32.2. The molecule has 4 aromatic rings. The average molecular weight is 380 g/mol. The van der Waals surface area contributed by atoms with Crippen LogP contribution in [0, 0.1) is 0 Å². The average Bonchev–Trinajstić information content (AvgIpc) is 3.16. The molecule has 3 aromatic heterocycles. The number of benzene rings is 1. The van der Waals surface area contributed by atoms with Gasteiger partial charge in [-0.1, -0.05) is 0 Å². The number of rotatable bonds is 2. The van der Waals surface area contributed by atoms with Gasteiger partial charge >= 0.3 is 0 Å². The number of allylic oxidation sites excluding steroid dienone is 1. The molecule has 0 amide bonds. The lowest BCUT2D eigenvalue weighted by Crippen LogP contribution is -1.99. The third-order valence-corrected chi connectivity index (χ3v) is 7.06. The first-order valence-electron chi connectivity index (χ1n) is 7.85. The molecule has 26 heavy (non-hydrogen) atoms. The molecule has 0 aliphatic carbocycles. The summed E-state index contributed by atoms with van der Waals surface area (Å²) < 4.78 is 25.0. The van der Waals surface area contributed by atoms with Gasteiger partial charge in [0.1, 0.15) is 10.3 Å². The second kappa shape index (κ2) is 5.33. The zero-order valence-corrected chi connectivity index (χ0v) is 15.2. The number of anilines is 2. The van der Waals surface area contributed by atoms with Crippen LogP contribution in [0.3, 0.4) is 0 Å². The predicted octanol–water partition coefficient (Wildman–Crippen LogP) is 4.13. The molecular formula is C18H12N4O2S2. The van der Waals surface area contributed by atoms with Gasteiger partial charge in [-0.3, -0.25) is 4.98 Å². The lowest BCUT2D eigenvalue weighted by atomic mass is 10.1. The molecule has 5 rings (SSSR count). The van der Waals surface area contributed by atoms with Crippen molar-refractivity contribution in [2.24, 2.45) is 0 Å². The fourth-order valence-corrected chi connectivity index (χ4v) is 5.04. The minimum Gasteiger partial charge on any atom is -0.354 e. The van der Waals surface area contributed by atoms with Gasteiger partial charge in [-0.2, -0.15) is 0 Å². The Morgan fingerprint density at radius 1 is 1.08 bits per heavy atom. The first kappa shape index (κ1) is 15.4. The highest BCUT2D eigenvalue weighted by molar-refractivity contribution is 7.95. The Hall–Kier alpha value is -2.84. The summed E-state index contributed by atoms with van der Waals surface area (Å²) in [6.07, 6.45) is 5.13. The first-order chi connectivity index (χ1) is 12.5. The number of fused-ring (bicyclic) bond motifs is 3. The maximum atomic E-state index is 12.5. The summed E-state index contributed by atoms with van der Waals surface area (Å²) in [5, 5.41) is 4.06. The van der Waals surface area contributed by atoms with Crippen molar-refractivity contribution in [2.75, 3.05) is 5.32 Å². The summed E-state index contributed by atoms with van der Waals surface area (Å²) in [5.41, 5.74) is 5.55. The Morgan fingerprint density at radius 3 is 2.85 bits per heavy atom. The summed E-state index contributed by atoms with van der Waals surface area (Å²) in [6, 6.07) is 7.24. The number of hydrogen-bond acceptors (Lipinski definition) is 7. The lowest BCUT2D eigenvalue weighted by Gasteiger charge is -2.10. The van der Waals surface area contributed by atoms with E-state index < -0.39 is 9.84 Å². The van der Waals surface area contributed by atoms with Gasteiger partial charge in [-0.05, 0) is 42.8 Å². The maximum absolute atomic E-state index is 12.5. The molecule has 0 unspecified atom stereocenters.